The topological polar surface area (TPSA) is 64.6 Å². The van der Waals surface area contributed by atoms with Crippen molar-refractivity contribution in [3.05, 3.63) is 65.5 Å². The van der Waals surface area contributed by atoms with Crippen LogP contribution in [0.1, 0.15) is 15.9 Å². The fourth-order valence-electron chi connectivity index (χ4n) is 1.90. The molecule has 0 spiro atoms. The summed E-state index contributed by atoms with van der Waals surface area (Å²) in [5.41, 5.74) is 1.60. The normalized spacial score (nSPS) is 10.2. The Morgan fingerprint density at radius 1 is 1.13 bits per heavy atom. The number of hydrogen-bond donors (Lipinski definition) is 1. The summed E-state index contributed by atoms with van der Waals surface area (Å²) in [6.45, 7) is -0.0448. The van der Waals surface area contributed by atoms with E-state index in [1.54, 1.807) is 25.3 Å². The molecule has 0 unspecified atom stereocenters. The molecule has 2 aromatic carbocycles. The second-order valence-corrected chi connectivity index (χ2v) is 4.76. The van der Waals surface area contributed by atoms with Crippen LogP contribution in [0.15, 0.2) is 48.5 Å². The zero-order valence-corrected chi connectivity index (χ0v) is 12.5. The first-order valence-electron chi connectivity index (χ1n) is 6.89. The van der Waals surface area contributed by atoms with Crippen LogP contribution < -0.4 is 5.32 Å². The summed E-state index contributed by atoms with van der Waals surface area (Å²) in [6, 6.07) is 12.1. The lowest BCUT2D eigenvalue weighted by atomic mass is 10.1. The summed E-state index contributed by atoms with van der Waals surface area (Å²) in [6.07, 6.45) is 0. The van der Waals surface area contributed by atoms with Crippen molar-refractivity contribution in [2.45, 2.75) is 6.61 Å². The number of benzene rings is 2. The van der Waals surface area contributed by atoms with E-state index in [1.165, 1.54) is 24.3 Å². The van der Waals surface area contributed by atoms with Crippen LogP contribution in [0.2, 0.25) is 0 Å². The molecule has 0 aliphatic rings. The maximum Gasteiger partial charge on any atom is 0.338 e. The molecule has 0 atom stereocenters. The first kappa shape index (κ1) is 16.6. The van der Waals surface area contributed by atoms with Gasteiger partial charge in [0.1, 0.15) is 5.82 Å². The van der Waals surface area contributed by atoms with Gasteiger partial charge in [-0.3, -0.25) is 4.79 Å². The van der Waals surface area contributed by atoms with Crippen molar-refractivity contribution < 1.29 is 23.5 Å². The first-order valence-corrected chi connectivity index (χ1v) is 6.89. The van der Waals surface area contributed by atoms with E-state index in [9.17, 15) is 14.0 Å². The Bertz CT molecular complexity index is 685. The zero-order chi connectivity index (χ0) is 16.7. The van der Waals surface area contributed by atoms with E-state index in [2.05, 4.69) is 5.32 Å². The lowest BCUT2D eigenvalue weighted by Gasteiger charge is -2.07. The van der Waals surface area contributed by atoms with Crippen LogP contribution in [0.4, 0.5) is 10.1 Å². The lowest BCUT2D eigenvalue weighted by Crippen LogP contribution is -2.21. The molecule has 2 rings (SSSR count). The van der Waals surface area contributed by atoms with Crippen molar-refractivity contribution in [1.29, 1.82) is 0 Å². The molecule has 0 saturated heterocycles. The quantitative estimate of drug-likeness (QED) is 0.832. The summed E-state index contributed by atoms with van der Waals surface area (Å²) in [4.78, 5) is 23.6. The number of ether oxygens (including phenoxy) is 2. The fraction of sp³-hybridized carbons (Fsp3) is 0.176. The monoisotopic (exact) mass is 317 g/mol. The number of methoxy groups -OCH3 is 1. The first-order chi connectivity index (χ1) is 11.1. The number of carbonyl (C=O) groups excluding carboxylic acids is 2. The largest absolute Gasteiger partial charge is 0.452 e. The summed E-state index contributed by atoms with van der Waals surface area (Å²) >= 11 is 0. The molecule has 5 nitrogen and oxygen atoms in total. The Morgan fingerprint density at radius 3 is 2.57 bits per heavy atom. The molecule has 0 aromatic heterocycles. The van der Waals surface area contributed by atoms with Crippen molar-refractivity contribution in [2.75, 3.05) is 19.0 Å². The number of esters is 1. The molecule has 0 aliphatic carbocycles. The molecule has 2 aromatic rings. The predicted octanol–water partition coefficient (Wildman–Crippen LogP) is 2.77. The zero-order valence-electron chi connectivity index (χ0n) is 12.5. The maximum atomic E-state index is 12.8. The van der Waals surface area contributed by atoms with Gasteiger partial charge in [0.2, 0.25) is 0 Å². The lowest BCUT2D eigenvalue weighted by molar-refractivity contribution is -0.119. The van der Waals surface area contributed by atoms with Crippen molar-refractivity contribution in [1.82, 2.24) is 0 Å². The van der Waals surface area contributed by atoms with Gasteiger partial charge in [-0.2, -0.15) is 0 Å². The van der Waals surface area contributed by atoms with Gasteiger partial charge in [0.25, 0.3) is 5.91 Å². The molecule has 120 valence electrons. The number of nitrogens with one attached hydrogen (secondary N) is 1. The van der Waals surface area contributed by atoms with E-state index in [-0.39, 0.29) is 0 Å². The summed E-state index contributed by atoms with van der Waals surface area (Å²) in [7, 11) is 1.56. The molecule has 1 amide bonds. The molecule has 6 heteroatoms. The Balaban J connectivity index is 1.87. The molecule has 23 heavy (non-hydrogen) atoms. The summed E-state index contributed by atoms with van der Waals surface area (Å²) in [5, 5.41) is 2.50. The van der Waals surface area contributed by atoms with Gasteiger partial charge in [-0.15, -0.1) is 0 Å². The molecule has 0 aliphatic heterocycles. The number of rotatable bonds is 6. The number of hydrogen-bond acceptors (Lipinski definition) is 4. The molecule has 0 radical (unpaired) electrons. The minimum Gasteiger partial charge on any atom is -0.452 e. The van der Waals surface area contributed by atoms with Gasteiger partial charge in [0.15, 0.2) is 6.61 Å². The van der Waals surface area contributed by atoms with E-state index >= 15 is 0 Å². The highest BCUT2D eigenvalue weighted by Crippen LogP contribution is 2.09. The minimum absolute atomic E-state index is 0.342. The third-order valence-electron chi connectivity index (χ3n) is 2.94. The number of halogens is 1. The Kier molecular flexibility index (Phi) is 5.82. The van der Waals surface area contributed by atoms with Gasteiger partial charge in [-0.05, 0) is 42.0 Å². The van der Waals surface area contributed by atoms with Crippen molar-refractivity contribution in [2.24, 2.45) is 0 Å². The van der Waals surface area contributed by atoms with Gasteiger partial charge >= 0.3 is 5.97 Å². The second-order valence-electron chi connectivity index (χ2n) is 4.76. The molecule has 0 saturated carbocycles. The Morgan fingerprint density at radius 2 is 1.87 bits per heavy atom. The predicted molar refractivity (Wildman–Crippen MR) is 82.5 cm³/mol. The van der Waals surface area contributed by atoms with Crippen LogP contribution in [0.5, 0.6) is 0 Å². The van der Waals surface area contributed by atoms with Crippen LogP contribution >= 0.6 is 0 Å². The second kappa shape index (κ2) is 8.05. The third-order valence-corrected chi connectivity index (χ3v) is 2.94. The molecular weight excluding hydrogens is 301 g/mol. The molecule has 0 fully saturated rings. The van der Waals surface area contributed by atoms with Gasteiger partial charge in [0.05, 0.1) is 12.2 Å². The van der Waals surface area contributed by atoms with E-state index in [4.69, 9.17) is 9.47 Å². The van der Waals surface area contributed by atoms with Crippen LogP contribution in [0, 0.1) is 5.82 Å². The molecular formula is C17H16FNO4. The van der Waals surface area contributed by atoms with Crippen molar-refractivity contribution in [3.63, 3.8) is 0 Å². The average Bonchev–Trinajstić information content (AvgIpc) is 2.55. The van der Waals surface area contributed by atoms with Crippen molar-refractivity contribution in [3.8, 4) is 0 Å². The highest BCUT2D eigenvalue weighted by Gasteiger charge is 2.11. The molecule has 1 N–H and O–H groups in total. The summed E-state index contributed by atoms with van der Waals surface area (Å²) in [5.74, 6) is -1.50. The SMILES string of the molecule is COCc1cccc(C(=O)OCC(=O)Nc2ccc(F)cc2)c1. The van der Waals surface area contributed by atoms with Crippen LogP contribution in [0.3, 0.4) is 0 Å². The number of anilines is 1. The standard InChI is InChI=1S/C17H16FNO4/c1-22-10-12-3-2-4-13(9-12)17(21)23-11-16(20)19-15-7-5-14(18)6-8-15/h2-9H,10-11H2,1H3,(H,19,20). The van der Waals surface area contributed by atoms with Gasteiger partial charge in [-0.25, -0.2) is 9.18 Å². The fourth-order valence-corrected chi connectivity index (χ4v) is 1.90. The van der Waals surface area contributed by atoms with E-state index in [0.29, 0.717) is 17.9 Å². The maximum absolute atomic E-state index is 12.8. The van der Waals surface area contributed by atoms with E-state index < -0.39 is 24.3 Å². The summed E-state index contributed by atoms with van der Waals surface area (Å²) < 4.78 is 22.7. The molecule has 0 bridgehead atoms. The Labute approximate surface area is 133 Å². The van der Waals surface area contributed by atoms with Gasteiger partial charge in [-0.1, -0.05) is 12.1 Å². The highest BCUT2D eigenvalue weighted by molar-refractivity contribution is 5.95. The average molecular weight is 317 g/mol. The van der Waals surface area contributed by atoms with Gasteiger partial charge < -0.3 is 14.8 Å². The minimum atomic E-state index is -0.600. The van der Waals surface area contributed by atoms with E-state index in [1.807, 2.05) is 6.07 Å². The van der Waals surface area contributed by atoms with Gasteiger partial charge in [0, 0.05) is 12.8 Å². The number of amides is 1. The van der Waals surface area contributed by atoms with Crippen LogP contribution in [-0.4, -0.2) is 25.6 Å². The number of carbonyl (C=O) groups is 2. The van der Waals surface area contributed by atoms with Crippen LogP contribution in [-0.2, 0) is 20.9 Å². The van der Waals surface area contributed by atoms with E-state index in [0.717, 1.165) is 5.56 Å². The third kappa shape index (κ3) is 5.19. The smallest absolute Gasteiger partial charge is 0.338 e. The molecule has 0 heterocycles. The van der Waals surface area contributed by atoms with Crippen LogP contribution in [0.25, 0.3) is 0 Å². The van der Waals surface area contributed by atoms with Crippen molar-refractivity contribution >= 4 is 17.6 Å². The highest BCUT2D eigenvalue weighted by atomic mass is 19.1. The Hall–Kier alpha value is -2.73.